The number of carbonyl (C=O) groups is 1. The predicted molar refractivity (Wildman–Crippen MR) is 99.3 cm³/mol. The standard InChI is InChI=1S/C21H26N2O2/c1-16(24)15-22-13-11-20(25)23-14-12-17-7-5-6-10-19(17)21(23)18-8-3-2-4-9-18/h2-10,16,21-22,24H,11-15H2,1H3/t16-,21-/m1/s1. The lowest BCUT2D eigenvalue weighted by Gasteiger charge is -2.38. The van der Waals surface area contributed by atoms with Gasteiger partial charge < -0.3 is 15.3 Å². The summed E-state index contributed by atoms with van der Waals surface area (Å²) in [7, 11) is 0. The summed E-state index contributed by atoms with van der Waals surface area (Å²) in [6, 6.07) is 18.6. The minimum absolute atomic E-state index is 0.0181. The van der Waals surface area contributed by atoms with Gasteiger partial charge in [-0.15, -0.1) is 0 Å². The Morgan fingerprint density at radius 1 is 1.20 bits per heavy atom. The van der Waals surface area contributed by atoms with E-state index in [1.54, 1.807) is 6.92 Å². The number of rotatable bonds is 6. The Hall–Kier alpha value is -2.17. The summed E-state index contributed by atoms with van der Waals surface area (Å²) < 4.78 is 0. The van der Waals surface area contributed by atoms with Crippen molar-refractivity contribution in [2.24, 2.45) is 0 Å². The molecule has 2 N–H and O–H groups in total. The molecular weight excluding hydrogens is 312 g/mol. The zero-order valence-electron chi connectivity index (χ0n) is 14.7. The molecule has 0 aliphatic carbocycles. The second-order valence-corrected chi connectivity index (χ2v) is 6.65. The van der Waals surface area contributed by atoms with E-state index in [9.17, 15) is 9.90 Å². The maximum atomic E-state index is 12.9. The van der Waals surface area contributed by atoms with Crippen molar-refractivity contribution in [3.8, 4) is 0 Å². The number of hydrogen-bond acceptors (Lipinski definition) is 3. The first kappa shape index (κ1) is 17.6. The van der Waals surface area contributed by atoms with Crippen LogP contribution in [0.3, 0.4) is 0 Å². The normalized spacial score (nSPS) is 17.8. The number of fused-ring (bicyclic) bond motifs is 1. The molecule has 0 aromatic heterocycles. The van der Waals surface area contributed by atoms with Crippen LogP contribution in [0.15, 0.2) is 54.6 Å². The smallest absolute Gasteiger partial charge is 0.224 e. The van der Waals surface area contributed by atoms with Gasteiger partial charge in [0.1, 0.15) is 0 Å². The van der Waals surface area contributed by atoms with Crippen molar-refractivity contribution in [1.82, 2.24) is 10.2 Å². The minimum Gasteiger partial charge on any atom is -0.392 e. The zero-order valence-corrected chi connectivity index (χ0v) is 14.7. The van der Waals surface area contributed by atoms with Gasteiger partial charge in [0.2, 0.25) is 5.91 Å². The van der Waals surface area contributed by atoms with Crippen LogP contribution in [0.5, 0.6) is 0 Å². The van der Waals surface area contributed by atoms with Gasteiger partial charge in [-0.2, -0.15) is 0 Å². The van der Waals surface area contributed by atoms with E-state index in [1.807, 2.05) is 29.2 Å². The number of hydrogen-bond donors (Lipinski definition) is 2. The van der Waals surface area contributed by atoms with E-state index < -0.39 is 6.10 Å². The Labute approximate surface area is 149 Å². The summed E-state index contributed by atoms with van der Waals surface area (Å²) in [6.07, 6.45) is 0.943. The van der Waals surface area contributed by atoms with Crippen LogP contribution in [0.25, 0.3) is 0 Å². The second-order valence-electron chi connectivity index (χ2n) is 6.65. The predicted octanol–water partition coefficient (Wildman–Crippen LogP) is 2.52. The molecule has 0 spiro atoms. The van der Waals surface area contributed by atoms with Crippen molar-refractivity contribution in [2.75, 3.05) is 19.6 Å². The Balaban J connectivity index is 1.79. The van der Waals surface area contributed by atoms with E-state index in [0.717, 1.165) is 18.5 Å². The third-order valence-corrected chi connectivity index (χ3v) is 4.67. The molecule has 132 valence electrons. The van der Waals surface area contributed by atoms with Crippen LogP contribution in [0, 0.1) is 0 Å². The fourth-order valence-electron chi connectivity index (χ4n) is 3.48. The van der Waals surface area contributed by atoms with Gasteiger partial charge in [0.05, 0.1) is 12.1 Å². The lowest BCUT2D eigenvalue weighted by Crippen LogP contribution is -2.41. The van der Waals surface area contributed by atoms with E-state index in [4.69, 9.17) is 0 Å². The number of aliphatic hydroxyl groups is 1. The van der Waals surface area contributed by atoms with E-state index in [0.29, 0.717) is 19.5 Å². The molecule has 0 saturated heterocycles. The first-order valence-electron chi connectivity index (χ1n) is 8.98. The van der Waals surface area contributed by atoms with Gasteiger partial charge in [-0.1, -0.05) is 54.6 Å². The number of carbonyl (C=O) groups excluding carboxylic acids is 1. The van der Waals surface area contributed by atoms with Crippen LogP contribution < -0.4 is 5.32 Å². The lowest BCUT2D eigenvalue weighted by molar-refractivity contribution is -0.133. The Morgan fingerprint density at radius 3 is 2.68 bits per heavy atom. The number of nitrogens with one attached hydrogen (secondary N) is 1. The first-order valence-corrected chi connectivity index (χ1v) is 8.98. The molecule has 0 saturated carbocycles. The molecule has 4 nitrogen and oxygen atoms in total. The van der Waals surface area contributed by atoms with Gasteiger partial charge in [-0.3, -0.25) is 4.79 Å². The molecule has 4 heteroatoms. The van der Waals surface area contributed by atoms with E-state index >= 15 is 0 Å². The van der Waals surface area contributed by atoms with Crippen molar-refractivity contribution >= 4 is 5.91 Å². The molecule has 1 aliphatic heterocycles. The van der Waals surface area contributed by atoms with Crippen molar-refractivity contribution in [3.63, 3.8) is 0 Å². The molecule has 2 aromatic carbocycles. The number of amides is 1. The highest BCUT2D eigenvalue weighted by Gasteiger charge is 2.31. The summed E-state index contributed by atoms with van der Waals surface area (Å²) in [4.78, 5) is 14.9. The highest BCUT2D eigenvalue weighted by atomic mass is 16.3. The van der Waals surface area contributed by atoms with E-state index in [-0.39, 0.29) is 11.9 Å². The third-order valence-electron chi connectivity index (χ3n) is 4.67. The van der Waals surface area contributed by atoms with Gasteiger partial charge in [0, 0.05) is 26.1 Å². The van der Waals surface area contributed by atoms with Crippen molar-refractivity contribution in [3.05, 3.63) is 71.3 Å². The van der Waals surface area contributed by atoms with Gasteiger partial charge in [-0.25, -0.2) is 0 Å². The van der Waals surface area contributed by atoms with Gasteiger partial charge in [-0.05, 0) is 30.0 Å². The topological polar surface area (TPSA) is 52.6 Å². The molecular formula is C21H26N2O2. The van der Waals surface area contributed by atoms with Gasteiger partial charge in [0.15, 0.2) is 0 Å². The summed E-state index contributed by atoms with van der Waals surface area (Å²) in [5, 5.41) is 12.4. The van der Waals surface area contributed by atoms with Gasteiger partial charge >= 0.3 is 0 Å². The molecule has 0 fully saturated rings. The molecule has 1 aliphatic rings. The summed E-state index contributed by atoms with van der Waals surface area (Å²) in [6.45, 7) is 3.58. The third kappa shape index (κ3) is 4.27. The van der Waals surface area contributed by atoms with Crippen molar-refractivity contribution in [2.45, 2.75) is 31.9 Å². The van der Waals surface area contributed by atoms with Crippen LogP contribution in [-0.2, 0) is 11.2 Å². The summed E-state index contributed by atoms with van der Waals surface area (Å²) in [5.74, 6) is 0.154. The van der Waals surface area contributed by atoms with Crippen LogP contribution in [0.2, 0.25) is 0 Å². The quantitative estimate of drug-likeness (QED) is 0.796. The maximum absolute atomic E-state index is 12.9. The minimum atomic E-state index is -0.394. The lowest BCUT2D eigenvalue weighted by atomic mass is 9.88. The Bertz CT molecular complexity index is 700. The maximum Gasteiger partial charge on any atom is 0.224 e. The first-order chi connectivity index (χ1) is 12.2. The van der Waals surface area contributed by atoms with Crippen LogP contribution >= 0.6 is 0 Å². The highest BCUT2D eigenvalue weighted by Crippen LogP contribution is 2.35. The van der Waals surface area contributed by atoms with Crippen molar-refractivity contribution < 1.29 is 9.90 Å². The summed E-state index contributed by atoms with van der Waals surface area (Å²) in [5.41, 5.74) is 3.71. The van der Waals surface area contributed by atoms with Crippen molar-refractivity contribution in [1.29, 1.82) is 0 Å². The monoisotopic (exact) mass is 338 g/mol. The molecule has 2 atom stereocenters. The molecule has 1 amide bonds. The largest absolute Gasteiger partial charge is 0.392 e. The zero-order chi connectivity index (χ0) is 17.6. The Kier molecular flexibility index (Phi) is 5.84. The molecule has 0 radical (unpaired) electrons. The van der Waals surface area contributed by atoms with Gasteiger partial charge in [0.25, 0.3) is 0 Å². The molecule has 0 unspecified atom stereocenters. The number of nitrogens with zero attached hydrogens (tertiary/aromatic N) is 1. The average Bonchev–Trinajstić information content (AvgIpc) is 2.64. The molecule has 2 aromatic rings. The second kappa shape index (κ2) is 8.28. The molecule has 3 rings (SSSR count). The fourth-order valence-corrected chi connectivity index (χ4v) is 3.48. The van der Waals surface area contributed by atoms with Crippen LogP contribution in [0.4, 0.5) is 0 Å². The number of aliphatic hydroxyl groups excluding tert-OH is 1. The molecule has 1 heterocycles. The number of benzene rings is 2. The van der Waals surface area contributed by atoms with Crippen LogP contribution in [0.1, 0.15) is 36.1 Å². The average molecular weight is 338 g/mol. The summed E-state index contributed by atoms with van der Waals surface area (Å²) >= 11 is 0. The van der Waals surface area contributed by atoms with E-state index in [2.05, 4.69) is 35.6 Å². The van der Waals surface area contributed by atoms with E-state index in [1.165, 1.54) is 11.1 Å². The Morgan fingerprint density at radius 2 is 1.92 bits per heavy atom. The fraction of sp³-hybridized carbons (Fsp3) is 0.381. The molecule has 25 heavy (non-hydrogen) atoms. The highest BCUT2D eigenvalue weighted by molar-refractivity contribution is 5.78. The molecule has 0 bridgehead atoms. The van der Waals surface area contributed by atoms with Crippen LogP contribution in [-0.4, -0.2) is 41.7 Å². The SMILES string of the molecule is C[C@@H](O)CNCCC(=O)N1CCc2ccccc2[C@H]1c1ccccc1.